The third kappa shape index (κ3) is 6.04. The van der Waals surface area contributed by atoms with Crippen LogP contribution in [0.15, 0.2) is 211 Å². The molecule has 57 heavy (non-hydrogen) atoms. The number of hydrogen-bond donors (Lipinski definition) is 0. The highest BCUT2D eigenvalue weighted by molar-refractivity contribution is 7.21. The average molecular weight is 747 g/mol. The Balaban J connectivity index is 1.08. The number of nitrogens with zero attached hydrogens (tertiary/aromatic N) is 2. The van der Waals surface area contributed by atoms with Crippen molar-refractivity contribution in [1.82, 2.24) is 4.98 Å². The third-order valence-corrected chi connectivity index (χ3v) is 11.9. The lowest BCUT2D eigenvalue weighted by molar-refractivity contribution is 0.669. The molecule has 9 aromatic carbocycles. The van der Waals surface area contributed by atoms with Crippen LogP contribution in [0, 0.1) is 0 Å². The minimum atomic E-state index is 0.836. The largest absolute Gasteiger partial charge is 0.456 e. The molecule has 2 heterocycles. The summed E-state index contributed by atoms with van der Waals surface area (Å²) in [5, 5.41) is 5.65. The number of hydrogen-bond acceptors (Lipinski definition) is 4. The number of rotatable bonds is 7. The van der Waals surface area contributed by atoms with E-state index in [0.717, 1.165) is 70.9 Å². The molecule has 2 aromatic heterocycles. The molecular formula is C53H34N2OS. The lowest BCUT2D eigenvalue weighted by atomic mass is 9.95. The lowest BCUT2D eigenvalue weighted by Crippen LogP contribution is -2.11. The van der Waals surface area contributed by atoms with Gasteiger partial charge >= 0.3 is 0 Å². The van der Waals surface area contributed by atoms with Crippen molar-refractivity contribution in [3.8, 4) is 44.0 Å². The van der Waals surface area contributed by atoms with E-state index in [4.69, 9.17) is 9.40 Å². The van der Waals surface area contributed by atoms with Gasteiger partial charge in [-0.2, -0.15) is 0 Å². The first-order valence-corrected chi connectivity index (χ1v) is 20.0. The maximum absolute atomic E-state index is 6.68. The van der Waals surface area contributed by atoms with Gasteiger partial charge in [-0.05, 0) is 87.1 Å². The quantitative estimate of drug-likeness (QED) is 0.163. The zero-order valence-corrected chi connectivity index (χ0v) is 31.7. The van der Waals surface area contributed by atoms with Gasteiger partial charge in [-0.15, -0.1) is 11.3 Å². The van der Waals surface area contributed by atoms with E-state index in [2.05, 4.69) is 205 Å². The highest BCUT2D eigenvalue weighted by Crippen LogP contribution is 2.45. The molecule has 0 radical (unpaired) electrons. The number of benzene rings is 9. The number of aromatic nitrogens is 1. The molecule has 0 bridgehead atoms. The number of fused-ring (bicyclic) bond motifs is 5. The second kappa shape index (κ2) is 13.8. The van der Waals surface area contributed by atoms with Gasteiger partial charge in [0.15, 0.2) is 0 Å². The molecule has 0 fully saturated rings. The summed E-state index contributed by atoms with van der Waals surface area (Å²) in [6.45, 7) is 0. The zero-order chi connectivity index (χ0) is 37.7. The smallest absolute Gasteiger partial charge is 0.137 e. The van der Waals surface area contributed by atoms with Crippen molar-refractivity contribution in [3.63, 3.8) is 0 Å². The van der Waals surface area contributed by atoms with Crippen molar-refractivity contribution < 1.29 is 4.42 Å². The fraction of sp³-hybridized carbons (Fsp3) is 0. The molecule has 11 rings (SSSR count). The molecule has 0 unspecified atom stereocenters. The van der Waals surface area contributed by atoms with E-state index in [0.29, 0.717) is 0 Å². The lowest BCUT2D eigenvalue weighted by Gasteiger charge is -2.28. The van der Waals surface area contributed by atoms with Crippen molar-refractivity contribution in [2.45, 2.75) is 0 Å². The van der Waals surface area contributed by atoms with Crippen LogP contribution in [0.5, 0.6) is 0 Å². The monoisotopic (exact) mass is 746 g/mol. The molecular weight excluding hydrogens is 713 g/mol. The fourth-order valence-corrected chi connectivity index (χ4v) is 9.01. The summed E-state index contributed by atoms with van der Waals surface area (Å²) in [5.41, 5.74) is 13.9. The normalized spacial score (nSPS) is 11.5. The standard InChI is InChI=1S/C53H34N2OS/c1-4-12-35(13-5-1)37-22-25-43(26-23-37)55(49-29-24-42(31-46(49)38-15-6-2-7-16-38)41-21-20-36-14-10-11-19-40(36)30-41)44-27-28-45-47-33-52-48(34-51(47)56-50(45)32-44)54-53(57-52)39-17-8-3-9-18-39/h1-34H. The molecule has 0 aliphatic rings. The summed E-state index contributed by atoms with van der Waals surface area (Å²) in [7, 11) is 0. The predicted octanol–water partition coefficient (Wildman–Crippen LogP) is 15.5. The summed E-state index contributed by atoms with van der Waals surface area (Å²) >= 11 is 1.72. The fourth-order valence-electron chi connectivity index (χ4n) is 8.02. The molecule has 0 saturated carbocycles. The Labute approximate surface area is 334 Å². The van der Waals surface area contributed by atoms with Gasteiger partial charge in [0.05, 0.1) is 15.9 Å². The highest BCUT2D eigenvalue weighted by Gasteiger charge is 2.21. The number of thiazole rings is 1. The van der Waals surface area contributed by atoms with Gasteiger partial charge in [0, 0.05) is 45.4 Å². The molecule has 11 aromatic rings. The second-order valence-electron chi connectivity index (χ2n) is 14.4. The molecule has 0 aliphatic carbocycles. The SMILES string of the molecule is c1ccc(-c2ccc(N(c3ccc4c(c3)oc3cc5nc(-c6ccccc6)sc5cc34)c3ccc(-c4ccc5ccccc5c4)cc3-c3ccccc3)cc2)cc1. The van der Waals surface area contributed by atoms with Crippen LogP contribution in [-0.4, -0.2) is 4.98 Å². The molecule has 3 nitrogen and oxygen atoms in total. The molecule has 0 spiro atoms. The predicted molar refractivity (Wildman–Crippen MR) is 241 cm³/mol. The van der Waals surface area contributed by atoms with E-state index < -0.39 is 0 Å². The first-order valence-electron chi connectivity index (χ1n) is 19.2. The minimum absolute atomic E-state index is 0.836. The molecule has 0 N–H and O–H groups in total. The van der Waals surface area contributed by atoms with Gasteiger partial charge in [-0.3, -0.25) is 0 Å². The Morgan fingerprint density at radius 3 is 1.77 bits per heavy atom. The van der Waals surface area contributed by atoms with Crippen molar-refractivity contribution in [3.05, 3.63) is 206 Å². The number of anilines is 3. The van der Waals surface area contributed by atoms with E-state index in [9.17, 15) is 0 Å². The summed E-state index contributed by atoms with van der Waals surface area (Å²) in [4.78, 5) is 7.35. The molecule has 0 amide bonds. The van der Waals surface area contributed by atoms with Crippen LogP contribution < -0.4 is 4.90 Å². The third-order valence-electron chi connectivity index (χ3n) is 10.9. The van der Waals surface area contributed by atoms with E-state index in [1.54, 1.807) is 11.3 Å². The van der Waals surface area contributed by atoms with Crippen molar-refractivity contribution in [1.29, 1.82) is 0 Å². The maximum atomic E-state index is 6.68. The summed E-state index contributed by atoms with van der Waals surface area (Å²) in [6.07, 6.45) is 0. The van der Waals surface area contributed by atoms with Gasteiger partial charge in [-0.25, -0.2) is 4.98 Å². The molecule has 0 aliphatic heterocycles. The summed E-state index contributed by atoms with van der Waals surface area (Å²) in [5.74, 6) is 0. The minimum Gasteiger partial charge on any atom is -0.456 e. The average Bonchev–Trinajstić information content (AvgIpc) is 3.87. The van der Waals surface area contributed by atoms with Crippen LogP contribution in [0.4, 0.5) is 17.1 Å². The van der Waals surface area contributed by atoms with Crippen LogP contribution in [0.3, 0.4) is 0 Å². The Kier molecular flexibility index (Phi) is 8.01. The van der Waals surface area contributed by atoms with E-state index >= 15 is 0 Å². The Bertz CT molecular complexity index is 3220. The van der Waals surface area contributed by atoms with Crippen LogP contribution in [-0.2, 0) is 0 Å². The second-order valence-corrected chi connectivity index (χ2v) is 15.4. The van der Waals surface area contributed by atoms with Crippen molar-refractivity contribution >= 4 is 71.3 Å². The summed E-state index contributed by atoms with van der Waals surface area (Å²) in [6, 6.07) is 73.6. The highest BCUT2D eigenvalue weighted by atomic mass is 32.1. The van der Waals surface area contributed by atoms with E-state index in [1.807, 2.05) is 6.07 Å². The van der Waals surface area contributed by atoms with E-state index in [-0.39, 0.29) is 0 Å². The molecule has 4 heteroatoms. The van der Waals surface area contributed by atoms with Crippen LogP contribution in [0.2, 0.25) is 0 Å². The van der Waals surface area contributed by atoms with Crippen LogP contribution in [0.1, 0.15) is 0 Å². The Morgan fingerprint density at radius 1 is 0.404 bits per heavy atom. The van der Waals surface area contributed by atoms with Crippen LogP contribution >= 0.6 is 11.3 Å². The molecule has 0 saturated heterocycles. The van der Waals surface area contributed by atoms with Gasteiger partial charge in [0.1, 0.15) is 16.2 Å². The Hall–Kier alpha value is -7.27. The zero-order valence-electron chi connectivity index (χ0n) is 30.8. The summed E-state index contributed by atoms with van der Waals surface area (Å²) < 4.78 is 7.83. The molecule has 268 valence electrons. The van der Waals surface area contributed by atoms with Crippen molar-refractivity contribution in [2.24, 2.45) is 0 Å². The first-order chi connectivity index (χ1) is 28.2. The Morgan fingerprint density at radius 2 is 1.00 bits per heavy atom. The maximum Gasteiger partial charge on any atom is 0.137 e. The van der Waals surface area contributed by atoms with Gasteiger partial charge in [0.2, 0.25) is 0 Å². The van der Waals surface area contributed by atoms with Crippen LogP contribution in [0.25, 0.3) is 86.9 Å². The topological polar surface area (TPSA) is 29.3 Å². The van der Waals surface area contributed by atoms with Gasteiger partial charge in [-0.1, -0.05) is 146 Å². The van der Waals surface area contributed by atoms with E-state index in [1.165, 1.54) is 33.0 Å². The van der Waals surface area contributed by atoms with Gasteiger partial charge < -0.3 is 9.32 Å². The van der Waals surface area contributed by atoms with Gasteiger partial charge in [0.25, 0.3) is 0 Å². The molecule has 0 atom stereocenters. The number of furan rings is 1. The first kappa shape index (κ1) is 33.1. The van der Waals surface area contributed by atoms with Crippen molar-refractivity contribution in [2.75, 3.05) is 4.90 Å².